The number of nitrogens with one attached hydrogen (secondary N) is 1. The molecular formula is C18H38N2OS. The van der Waals surface area contributed by atoms with Gasteiger partial charge in [-0.3, -0.25) is 4.72 Å². The summed E-state index contributed by atoms with van der Waals surface area (Å²) in [5.41, 5.74) is 4.99. The Hall–Kier alpha value is -0.380. The van der Waals surface area contributed by atoms with Crippen LogP contribution in [-0.4, -0.2) is 11.8 Å². The molecule has 0 atom stereocenters. The zero-order chi connectivity index (χ0) is 16.3. The Bertz CT molecular complexity index is 237. The first kappa shape index (κ1) is 21.6. The molecule has 4 heteroatoms. The molecule has 0 spiro atoms. The highest BCUT2D eigenvalue weighted by atomic mass is 32.2. The van der Waals surface area contributed by atoms with Gasteiger partial charge in [0.1, 0.15) is 0 Å². The molecule has 0 aliphatic heterocycles. The van der Waals surface area contributed by atoms with Crippen molar-refractivity contribution in [2.45, 2.75) is 103 Å². The normalized spacial score (nSPS) is 10.8. The lowest BCUT2D eigenvalue weighted by atomic mass is 10.0. The molecule has 3 nitrogen and oxygen atoms in total. The van der Waals surface area contributed by atoms with Crippen LogP contribution in [0.5, 0.6) is 0 Å². The van der Waals surface area contributed by atoms with E-state index in [1.165, 1.54) is 108 Å². The van der Waals surface area contributed by atoms with Crippen LogP contribution in [0, 0.1) is 0 Å². The van der Waals surface area contributed by atoms with Crippen molar-refractivity contribution in [2.75, 3.05) is 5.75 Å². The molecule has 0 fully saturated rings. The molecule has 0 saturated carbocycles. The quantitative estimate of drug-likeness (QED) is 0.247. The molecular weight excluding hydrogens is 292 g/mol. The minimum Gasteiger partial charge on any atom is -0.351 e. The van der Waals surface area contributed by atoms with Gasteiger partial charge in [-0.1, -0.05) is 96.8 Å². The van der Waals surface area contributed by atoms with Crippen LogP contribution in [0.4, 0.5) is 4.79 Å². The van der Waals surface area contributed by atoms with Gasteiger partial charge < -0.3 is 5.73 Å². The number of rotatable bonds is 17. The highest BCUT2D eigenvalue weighted by Crippen LogP contribution is 2.13. The molecule has 0 unspecified atom stereocenters. The molecule has 0 rings (SSSR count). The monoisotopic (exact) mass is 330 g/mol. The number of urea groups is 1. The molecule has 22 heavy (non-hydrogen) atoms. The lowest BCUT2D eigenvalue weighted by Gasteiger charge is -2.03. The fourth-order valence-electron chi connectivity index (χ4n) is 2.67. The van der Waals surface area contributed by atoms with Crippen LogP contribution in [0.3, 0.4) is 0 Å². The van der Waals surface area contributed by atoms with Gasteiger partial charge in [0, 0.05) is 5.75 Å². The molecule has 0 heterocycles. The van der Waals surface area contributed by atoms with Crippen molar-refractivity contribution in [3.05, 3.63) is 0 Å². The maximum absolute atomic E-state index is 10.4. The summed E-state index contributed by atoms with van der Waals surface area (Å²) in [4.78, 5) is 10.4. The summed E-state index contributed by atoms with van der Waals surface area (Å²) >= 11 is 1.42. The van der Waals surface area contributed by atoms with E-state index in [1.807, 2.05) is 0 Å². The lowest BCUT2D eigenvalue weighted by Crippen LogP contribution is -2.23. The molecule has 0 aliphatic rings. The van der Waals surface area contributed by atoms with Gasteiger partial charge in [0.15, 0.2) is 0 Å². The Morgan fingerprint density at radius 2 is 1.09 bits per heavy atom. The van der Waals surface area contributed by atoms with Gasteiger partial charge in [-0.2, -0.15) is 0 Å². The van der Waals surface area contributed by atoms with E-state index in [9.17, 15) is 4.79 Å². The second-order valence-electron chi connectivity index (χ2n) is 6.26. The average Bonchev–Trinajstić information content (AvgIpc) is 2.50. The smallest absolute Gasteiger partial charge is 0.322 e. The summed E-state index contributed by atoms with van der Waals surface area (Å²) in [6.45, 7) is 2.28. The zero-order valence-corrected chi connectivity index (χ0v) is 15.5. The minimum atomic E-state index is -0.439. The molecule has 0 radical (unpaired) electrons. The summed E-state index contributed by atoms with van der Waals surface area (Å²) in [7, 11) is 0. The van der Waals surface area contributed by atoms with E-state index >= 15 is 0 Å². The fourth-order valence-corrected chi connectivity index (χ4v) is 3.26. The number of carbonyl (C=O) groups excluding carboxylic acids is 1. The Morgan fingerprint density at radius 3 is 1.45 bits per heavy atom. The number of nitrogens with two attached hydrogens (primary N) is 1. The Kier molecular flexibility index (Phi) is 18.3. The van der Waals surface area contributed by atoms with Crippen molar-refractivity contribution in [3.8, 4) is 0 Å². The molecule has 0 aromatic heterocycles. The van der Waals surface area contributed by atoms with Gasteiger partial charge in [0.2, 0.25) is 0 Å². The van der Waals surface area contributed by atoms with Crippen LogP contribution in [0.25, 0.3) is 0 Å². The van der Waals surface area contributed by atoms with Gasteiger partial charge in [0.05, 0.1) is 0 Å². The van der Waals surface area contributed by atoms with Crippen molar-refractivity contribution in [1.29, 1.82) is 0 Å². The van der Waals surface area contributed by atoms with E-state index in [0.717, 1.165) is 5.75 Å². The number of hydrogen-bond acceptors (Lipinski definition) is 2. The standard InChI is InChI=1S/C18H38N2OS/c1-2-3-4-5-6-7-8-9-10-11-12-13-14-15-16-17-22-20-18(19)21/h2-17H2,1H3,(H3,19,20,21). The van der Waals surface area contributed by atoms with Gasteiger partial charge in [0.25, 0.3) is 0 Å². The summed E-state index contributed by atoms with van der Waals surface area (Å²) in [6.07, 6.45) is 20.8. The molecule has 0 aliphatic carbocycles. The van der Waals surface area contributed by atoms with E-state index in [4.69, 9.17) is 5.73 Å². The number of unbranched alkanes of at least 4 members (excludes halogenated alkanes) is 14. The Labute approximate surface area is 142 Å². The number of carbonyl (C=O) groups is 1. The van der Waals surface area contributed by atoms with Gasteiger partial charge in [-0.05, 0) is 18.4 Å². The maximum Gasteiger partial charge on any atom is 0.322 e. The van der Waals surface area contributed by atoms with Crippen molar-refractivity contribution < 1.29 is 4.79 Å². The molecule has 3 N–H and O–H groups in total. The molecule has 0 aromatic rings. The van der Waals surface area contributed by atoms with Crippen LogP contribution < -0.4 is 10.5 Å². The summed E-state index contributed by atoms with van der Waals surface area (Å²) in [6, 6.07) is -0.439. The van der Waals surface area contributed by atoms with Crippen LogP contribution in [0.2, 0.25) is 0 Å². The van der Waals surface area contributed by atoms with Gasteiger partial charge >= 0.3 is 6.03 Å². The van der Waals surface area contributed by atoms with Crippen molar-refractivity contribution >= 4 is 18.0 Å². The first-order valence-corrected chi connectivity index (χ1v) is 10.4. The zero-order valence-electron chi connectivity index (χ0n) is 14.7. The fraction of sp³-hybridized carbons (Fsp3) is 0.944. The SMILES string of the molecule is CCCCCCCCCCCCCCCCCSNC(N)=O. The summed E-state index contributed by atoms with van der Waals surface area (Å²) < 4.78 is 2.55. The predicted molar refractivity (Wildman–Crippen MR) is 100 cm³/mol. The number of primary amides is 1. The first-order chi connectivity index (χ1) is 10.8. The van der Waals surface area contributed by atoms with E-state index in [2.05, 4.69) is 11.6 Å². The third-order valence-corrected chi connectivity index (χ3v) is 4.86. The van der Waals surface area contributed by atoms with Crippen molar-refractivity contribution in [1.82, 2.24) is 4.72 Å². The van der Waals surface area contributed by atoms with E-state index in [0.29, 0.717) is 0 Å². The van der Waals surface area contributed by atoms with Gasteiger partial charge in [-0.25, -0.2) is 4.79 Å². The predicted octanol–water partition coefficient (Wildman–Crippen LogP) is 6.17. The lowest BCUT2D eigenvalue weighted by molar-refractivity contribution is 0.254. The maximum atomic E-state index is 10.4. The van der Waals surface area contributed by atoms with Crippen LogP contribution >= 0.6 is 11.9 Å². The van der Waals surface area contributed by atoms with Crippen LogP contribution in [-0.2, 0) is 0 Å². The first-order valence-electron chi connectivity index (χ1n) is 9.44. The number of amides is 2. The molecule has 2 amide bonds. The topological polar surface area (TPSA) is 55.1 Å². The molecule has 0 aromatic carbocycles. The average molecular weight is 331 g/mol. The van der Waals surface area contributed by atoms with E-state index in [-0.39, 0.29) is 0 Å². The van der Waals surface area contributed by atoms with Crippen molar-refractivity contribution in [2.24, 2.45) is 5.73 Å². The largest absolute Gasteiger partial charge is 0.351 e. The second-order valence-corrected chi connectivity index (χ2v) is 7.17. The summed E-state index contributed by atoms with van der Waals surface area (Å²) in [5, 5.41) is 0. The van der Waals surface area contributed by atoms with Gasteiger partial charge in [-0.15, -0.1) is 0 Å². The third-order valence-electron chi connectivity index (χ3n) is 4.02. The Balaban J connectivity index is 2.95. The Morgan fingerprint density at radius 1 is 0.727 bits per heavy atom. The third kappa shape index (κ3) is 19.6. The highest BCUT2D eigenvalue weighted by molar-refractivity contribution is 7.97. The van der Waals surface area contributed by atoms with E-state index < -0.39 is 6.03 Å². The molecule has 0 saturated heterocycles. The second kappa shape index (κ2) is 18.7. The highest BCUT2D eigenvalue weighted by Gasteiger charge is 1.95. The number of hydrogen-bond donors (Lipinski definition) is 2. The van der Waals surface area contributed by atoms with Crippen LogP contribution in [0.15, 0.2) is 0 Å². The van der Waals surface area contributed by atoms with Crippen LogP contribution in [0.1, 0.15) is 103 Å². The molecule has 132 valence electrons. The summed E-state index contributed by atoms with van der Waals surface area (Å²) in [5.74, 6) is 0.973. The van der Waals surface area contributed by atoms with Crippen molar-refractivity contribution in [3.63, 3.8) is 0 Å². The van der Waals surface area contributed by atoms with E-state index in [1.54, 1.807) is 0 Å². The minimum absolute atomic E-state index is 0.439. The molecule has 0 bridgehead atoms.